The van der Waals surface area contributed by atoms with Gasteiger partial charge in [-0.25, -0.2) is 4.98 Å². The number of carbonyl (C=O) groups is 1. The monoisotopic (exact) mass is 415 g/mol. The fourth-order valence-electron chi connectivity index (χ4n) is 2.22. The fraction of sp³-hybridized carbons (Fsp3) is 0.150. The molecule has 3 aromatic rings. The number of anilines is 1. The van der Waals surface area contributed by atoms with E-state index >= 15 is 0 Å². The van der Waals surface area contributed by atoms with Gasteiger partial charge in [0.2, 0.25) is 5.13 Å². The maximum absolute atomic E-state index is 11.5. The lowest BCUT2D eigenvalue weighted by molar-refractivity contribution is -0.142. The van der Waals surface area contributed by atoms with Gasteiger partial charge in [-0.05, 0) is 61.0 Å². The predicted octanol–water partition coefficient (Wildman–Crippen LogP) is 5.14. The van der Waals surface area contributed by atoms with E-state index in [1.54, 1.807) is 30.7 Å². The van der Waals surface area contributed by atoms with Crippen LogP contribution in [0, 0.1) is 0 Å². The Morgan fingerprint density at radius 2 is 1.86 bits per heavy atom. The van der Waals surface area contributed by atoms with Crippen molar-refractivity contribution in [2.45, 2.75) is 13.3 Å². The number of hydrogen-bond acceptors (Lipinski definition) is 7. The van der Waals surface area contributed by atoms with Gasteiger partial charge in [-0.15, -0.1) is 11.3 Å². The molecule has 0 spiro atoms. The Morgan fingerprint density at radius 1 is 1.18 bits per heavy atom. The molecular formula is C20H18ClN3O3S. The molecule has 2 aromatic carbocycles. The number of nitrogens with zero attached hydrogens (tertiary/aromatic N) is 2. The van der Waals surface area contributed by atoms with Crippen LogP contribution in [0.3, 0.4) is 0 Å². The van der Waals surface area contributed by atoms with Crippen LogP contribution in [-0.2, 0) is 16.0 Å². The number of hydrogen-bond donors (Lipinski definition) is 1. The summed E-state index contributed by atoms with van der Waals surface area (Å²) in [4.78, 5) is 15.7. The normalized spacial score (nSPS) is 10.8. The molecule has 0 bridgehead atoms. The topological polar surface area (TPSA) is 72.8 Å². The van der Waals surface area contributed by atoms with E-state index in [-0.39, 0.29) is 12.4 Å². The molecule has 6 nitrogen and oxygen atoms in total. The molecule has 1 aromatic heterocycles. The van der Waals surface area contributed by atoms with Crippen molar-refractivity contribution >= 4 is 40.3 Å². The Kier molecular flexibility index (Phi) is 7.00. The van der Waals surface area contributed by atoms with Gasteiger partial charge in [-0.3, -0.25) is 10.2 Å². The van der Waals surface area contributed by atoms with Crippen LogP contribution >= 0.6 is 22.9 Å². The quantitative estimate of drug-likeness (QED) is 0.313. The smallest absolute Gasteiger partial charge is 0.311 e. The zero-order chi connectivity index (χ0) is 19.8. The van der Waals surface area contributed by atoms with Crippen molar-refractivity contribution in [3.63, 3.8) is 0 Å². The van der Waals surface area contributed by atoms with Crippen LogP contribution in [0.25, 0.3) is 0 Å². The largest absolute Gasteiger partial charge is 0.466 e. The van der Waals surface area contributed by atoms with Crippen molar-refractivity contribution in [3.05, 3.63) is 70.2 Å². The van der Waals surface area contributed by atoms with Crippen molar-refractivity contribution < 1.29 is 14.3 Å². The number of nitrogens with one attached hydrogen (secondary N) is 1. The second kappa shape index (κ2) is 9.87. The van der Waals surface area contributed by atoms with Gasteiger partial charge < -0.3 is 9.47 Å². The van der Waals surface area contributed by atoms with Crippen LogP contribution in [0.15, 0.2) is 59.0 Å². The molecule has 0 atom stereocenters. The number of halogens is 1. The van der Waals surface area contributed by atoms with Gasteiger partial charge in [0.05, 0.1) is 24.9 Å². The van der Waals surface area contributed by atoms with Crippen molar-refractivity contribution in [2.24, 2.45) is 5.10 Å². The van der Waals surface area contributed by atoms with E-state index in [1.165, 1.54) is 11.3 Å². The van der Waals surface area contributed by atoms with Gasteiger partial charge in [0.15, 0.2) is 0 Å². The Bertz CT molecular complexity index is 940. The van der Waals surface area contributed by atoms with Crippen LogP contribution in [0.1, 0.15) is 18.2 Å². The number of ether oxygens (including phenoxy) is 2. The Balaban J connectivity index is 1.51. The molecule has 8 heteroatoms. The zero-order valence-electron chi connectivity index (χ0n) is 15.1. The standard InChI is InChI=1S/C20H18ClN3O3S/c1-2-26-19(25)11-16-13-28-20(23-16)24-22-12-14-3-7-17(8-4-14)27-18-9-5-15(21)6-10-18/h3-10,12-13H,2,11H2,1H3,(H,23,24). The number of aromatic nitrogens is 1. The second-order valence-electron chi connectivity index (χ2n) is 5.62. The van der Waals surface area contributed by atoms with E-state index in [0.29, 0.717) is 22.5 Å². The van der Waals surface area contributed by atoms with Crippen molar-refractivity contribution in [2.75, 3.05) is 12.0 Å². The minimum atomic E-state index is -0.288. The third-order valence-corrected chi connectivity index (χ3v) is 4.53. The van der Waals surface area contributed by atoms with Crippen molar-refractivity contribution in [1.82, 2.24) is 4.98 Å². The minimum Gasteiger partial charge on any atom is -0.466 e. The molecule has 3 rings (SSSR count). The summed E-state index contributed by atoms with van der Waals surface area (Å²) in [5.74, 6) is 1.15. The molecule has 0 unspecified atom stereocenters. The summed E-state index contributed by atoms with van der Waals surface area (Å²) in [6.07, 6.45) is 1.84. The highest BCUT2D eigenvalue weighted by atomic mass is 35.5. The molecule has 28 heavy (non-hydrogen) atoms. The molecule has 144 valence electrons. The average Bonchev–Trinajstić information content (AvgIpc) is 3.12. The van der Waals surface area contributed by atoms with Crippen molar-refractivity contribution in [1.29, 1.82) is 0 Å². The van der Waals surface area contributed by atoms with Crippen molar-refractivity contribution in [3.8, 4) is 11.5 Å². The summed E-state index contributed by atoms with van der Waals surface area (Å²) in [5.41, 5.74) is 4.42. The van der Waals surface area contributed by atoms with Gasteiger partial charge in [0, 0.05) is 10.4 Å². The molecule has 0 saturated carbocycles. The van der Waals surface area contributed by atoms with Crippen LogP contribution in [0.4, 0.5) is 5.13 Å². The van der Waals surface area contributed by atoms with Gasteiger partial charge >= 0.3 is 5.97 Å². The molecule has 0 saturated heterocycles. The van der Waals surface area contributed by atoms with Gasteiger partial charge in [-0.2, -0.15) is 5.10 Å². The first-order valence-electron chi connectivity index (χ1n) is 8.55. The Labute approximate surface area is 171 Å². The van der Waals surface area contributed by atoms with E-state index in [1.807, 2.05) is 36.4 Å². The third kappa shape index (κ3) is 6.07. The first kappa shape index (κ1) is 19.9. The van der Waals surface area contributed by atoms with Crippen LogP contribution in [0.2, 0.25) is 5.02 Å². The zero-order valence-corrected chi connectivity index (χ0v) is 16.7. The van der Waals surface area contributed by atoms with E-state index in [4.69, 9.17) is 21.1 Å². The number of esters is 1. The lowest BCUT2D eigenvalue weighted by Gasteiger charge is -2.05. The van der Waals surface area contributed by atoms with Gasteiger partial charge in [0.25, 0.3) is 0 Å². The summed E-state index contributed by atoms with van der Waals surface area (Å²) in [6.45, 7) is 2.14. The maximum atomic E-state index is 11.5. The number of rotatable bonds is 8. The van der Waals surface area contributed by atoms with E-state index in [2.05, 4.69) is 15.5 Å². The fourth-order valence-corrected chi connectivity index (χ4v) is 3.01. The maximum Gasteiger partial charge on any atom is 0.311 e. The molecule has 1 N–H and O–H groups in total. The number of carbonyl (C=O) groups excluding carboxylic acids is 1. The summed E-state index contributed by atoms with van der Waals surface area (Å²) in [6, 6.07) is 14.7. The van der Waals surface area contributed by atoms with Crippen LogP contribution < -0.4 is 10.2 Å². The lowest BCUT2D eigenvalue weighted by Crippen LogP contribution is -2.07. The molecular weight excluding hydrogens is 398 g/mol. The predicted molar refractivity (Wildman–Crippen MR) is 112 cm³/mol. The summed E-state index contributed by atoms with van der Waals surface area (Å²) >= 11 is 7.24. The van der Waals surface area contributed by atoms with Crippen LogP contribution in [0.5, 0.6) is 11.5 Å². The number of benzene rings is 2. The first-order valence-corrected chi connectivity index (χ1v) is 9.80. The minimum absolute atomic E-state index is 0.158. The third-order valence-electron chi connectivity index (χ3n) is 3.49. The van der Waals surface area contributed by atoms with Gasteiger partial charge in [-0.1, -0.05) is 11.6 Å². The summed E-state index contributed by atoms with van der Waals surface area (Å²) in [5, 5.41) is 7.24. The highest BCUT2D eigenvalue weighted by molar-refractivity contribution is 7.13. The molecule has 0 aliphatic rings. The summed E-state index contributed by atoms with van der Waals surface area (Å²) < 4.78 is 10.7. The van der Waals surface area contributed by atoms with E-state index < -0.39 is 0 Å². The van der Waals surface area contributed by atoms with E-state index in [0.717, 1.165) is 17.1 Å². The molecule has 0 amide bonds. The molecule has 0 fully saturated rings. The molecule has 0 aliphatic heterocycles. The SMILES string of the molecule is CCOC(=O)Cc1csc(NN=Cc2ccc(Oc3ccc(Cl)cc3)cc2)n1. The molecule has 0 radical (unpaired) electrons. The average molecular weight is 416 g/mol. The van der Waals surface area contributed by atoms with Gasteiger partial charge in [0.1, 0.15) is 11.5 Å². The van der Waals surface area contributed by atoms with E-state index in [9.17, 15) is 4.79 Å². The Hall–Kier alpha value is -2.90. The first-order chi connectivity index (χ1) is 13.6. The molecule has 1 heterocycles. The number of thiazole rings is 1. The highest BCUT2D eigenvalue weighted by Crippen LogP contribution is 2.23. The molecule has 0 aliphatic carbocycles. The second-order valence-corrected chi connectivity index (χ2v) is 6.92. The van der Waals surface area contributed by atoms with Crippen LogP contribution in [-0.4, -0.2) is 23.8 Å². The lowest BCUT2D eigenvalue weighted by atomic mass is 10.2. The highest BCUT2D eigenvalue weighted by Gasteiger charge is 2.07. The Morgan fingerprint density at radius 3 is 2.54 bits per heavy atom. The summed E-state index contributed by atoms with van der Waals surface area (Å²) in [7, 11) is 0. The number of hydrazone groups is 1.